The van der Waals surface area contributed by atoms with Crippen molar-refractivity contribution in [2.75, 3.05) is 6.61 Å². The molecule has 0 spiro atoms. The zero-order valence-corrected chi connectivity index (χ0v) is 12.1. The standard InChI is InChI=1S/C13H10BrClN2O2/c14-7-1-2-10-8(3-7)13(16,6-18)9-4-12(15)17-5-11(9)19-10/h1-5,18H,6,16H2. The number of halogens is 2. The summed E-state index contributed by atoms with van der Waals surface area (Å²) in [5.41, 5.74) is 6.66. The number of hydrogen-bond acceptors (Lipinski definition) is 4. The lowest BCUT2D eigenvalue weighted by Crippen LogP contribution is -2.44. The van der Waals surface area contributed by atoms with Gasteiger partial charge in [0.15, 0.2) is 5.75 Å². The Bertz CT molecular complexity index is 612. The second-order valence-electron chi connectivity index (χ2n) is 4.38. The number of benzene rings is 1. The summed E-state index contributed by atoms with van der Waals surface area (Å²) in [5.74, 6) is 1.12. The van der Waals surface area contributed by atoms with Crippen LogP contribution in [0.15, 0.2) is 34.9 Å². The van der Waals surface area contributed by atoms with E-state index in [1.807, 2.05) is 12.1 Å². The molecular weight excluding hydrogens is 332 g/mol. The van der Waals surface area contributed by atoms with Crippen molar-refractivity contribution in [1.29, 1.82) is 0 Å². The molecule has 0 amide bonds. The topological polar surface area (TPSA) is 68.4 Å². The van der Waals surface area contributed by atoms with E-state index in [0.717, 1.165) is 4.47 Å². The van der Waals surface area contributed by atoms with E-state index in [0.29, 0.717) is 27.8 Å². The fraction of sp³-hybridized carbons (Fsp3) is 0.154. The molecule has 0 saturated carbocycles. The molecule has 1 unspecified atom stereocenters. The molecule has 2 heterocycles. The van der Waals surface area contributed by atoms with E-state index in [9.17, 15) is 5.11 Å². The van der Waals surface area contributed by atoms with Crippen LogP contribution in [-0.4, -0.2) is 16.7 Å². The summed E-state index contributed by atoms with van der Waals surface area (Å²) in [6, 6.07) is 7.11. The number of aliphatic hydroxyl groups is 1. The van der Waals surface area contributed by atoms with Crippen molar-refractivity contribution >= 4 is 27.5 Å². The lowest BCUT2D eigenvalue weighted by molar-refractivity contribution is 0.211. The first kappa shape index (κ1) is 12.9. The lowest BCUT2D eigenvalue weighted by Gasteiger charge is -2.35. The Labute approximate surface area is 123 Å². The van der Waals surface area contributed by atoms with Crippen LogP contribution in [0.4, 0.5) is 0 Å². The van der Waals surface area contributed by atoms with Crippen molar-refractivity contribution in [2.45, 2.75) is 5.54 Å². The van der Waals surface area contributed by atoms with Gasteiger partial charge >= 0.3 is 0 Å². The van der Waals surface area contributed by atoms with Gasteiger partial charge in [-0.15, -0.1) is 0 Å². The zero-order valence-electron chi connectivity index (χ0n) is 9.73. The number of aromatic nitrogens is 1. The molecular formula is C13H10BrClN2O2. The molecule has 98 valence electrons. The Balaban J connectivity index is 2.29. The van der Waals surface area contributed by atoms with Gasteiger partial charge in [-0.1, -0.05) is 27.5 Å². The molecule has 0 bridgehead atoms. The van der Waals surface area contributed by atoms with E-state index in [2.05, 4.69) is 20.9 Å². The first-order valence-electron chi connectivity index (χ1n) is 5.58. The SMILES string of the molecule is NC1(CO)c2cc(Br)ccc2Oc2cnc(Cl)cc21. The molecule has 1 atom stereocenters. The molecule has 1 aromatic heterocycles. The average molecular weight is 342 g/mol. The molecule has 0 aliphatic carbocycles. The van der Waals surface area contributed by atoms with Crippen molar-refractivity contribution in [1.82, 2.24) is 4.98 Å². The van der Waals surface area contributed by atoms with Gasteiger partial charge in [-0.3, -0.25) is 0 Å². The van der Waals surface area contributed by atoms with Crippen LogP contribution in [0.2, 0.25) is 5.15 Å². The van der Waals surface area contributed by atoms with Gasteiger partial charge in [0.1, 0.15) is 10.9 Å². The fourth-order valence-corrected chi connectivity index (χ4v) is 2.74. The van der Waals surface area contributed by atoms with Crippen LogP contribution < -0.4 is 10.5 Å². The van der Waals surface area contributed by atoms with Crippen LogP contribution >= 0.6 is 27.5 Å². The predicted molar refractivity (Wildman–Crippen MR) is 75.5 cm³/mol. The van der Waals surface area contributed by atoms with E-state index in [4.69, 9.17) is 22.1 Å². The zero-order chi connectivity index (χ0) is 13.6. The summed E-state index contributed by atoms with van der Waals surface area (Å²) < 4.78 is 6.61. The smallest absolute Gasteiger partial charge is 0.151 e. The summed E-state index contributed by atoms with van der Waals surface area (Å²) in [6.07, 6.45) is 1.51. The van der Waals surface area contributed by atoms with Crippen LogP contribution in [0.5, 0.6) is 11.5 Å². The third-order valence-electron chi connectivity index (χ3n) is 3.21. The second kappa shape index (κ2) is 4.45. The van der Waals surface area contributed by atoms with Crippen molar-refractivity contribution in [3.63, 3.8) is 0 Å². The molecule has 2 aromatic rings. The maximum Gasteiger partial charge on any atom is 0.151 e. The van der Waals surface area contributed by atoms with E-state index < -0.39 is 5.54 Å². The Morgan fingerprint density at radius 1 is 1.32 bits per heavy atom. The summed E-state index contributed by atoms with van der Waals surface area (Å²) in [5, 5.41) is 10.1. The fourth-order valence-electron chi connectivity index (χ4n) is 2.22. The highest BCUT2D eigenvalue weighted by molar-refractivity contribution is 9.10. The number of nitrogens with zero attached hydrogens (tertiary/aromatic N) is 1. The summed E-state index contributed by atoms with van der Waals surface area (Å²) in [4.78, 5) is 3.98. The van der Waals surface area contributed by atoms with Gasteiger partial charge in [0.2, 0.25) is 0 Å². The van der Waals surface area contributed by atoms with Gasteiger partial charge < -0.3 is 15.6 Å². The molecule has 0 fully saturated rings. The molecule has 4 nitrogen and oxygen atoms in total. The van der Waals surface area contributed by atoms with Crippen molar-refractivity contribution in [2.24, 2.45) is 5.73 Å². The maximum absolute atomic E-state index is 9.77. The third kappa shape index (κ3) is 1.94. The summed E-state index contributed by atoms with van der Waals surface area (Å²) >= 11 is 9.30. The third-order valence-corrected chi connectivity index (χ3v) is 3.91. The molecule has 0 saturated heterocycles. The van der Waals surface area contributed by atoms with E-state index in [1.54, 1.807) is 12.1 Å². The highest BCUT2D eigenvalue weighted by atomic mass is 79.9. The highest BCUT2D eigenvalue weighted by Gasteiger charge is 2.39. The van der Waals surface area contributed by atoms with Gasteiger partial charge in [0.05, 0.1) is 18.3 Å². The minimum absolute atomic E-state index is 0.257. The molecule has 3 N–H and O–H groups in total. The molecule has 0 radical (unpaired) electrons. The molecule has 1 aliphatic heterocycles. The van der Waals surface area contributed by atoms with Gasteiger partial charge in [-0.2, -0.15) is 0 Å². The normalized spacial score (nSPS) is 20.4. The minimum atomic E-state index is -1.06. The lowest BCUT2D eigenvalue weighted by atomic mass is 9.82. The van der Waals surface area contributed by atoms with Crippen LogP contribution in [0, 0.1) is 0 Å². The first-order chi connectivity index (χ1) is 9.04. The summed E-state index contributed by atoms with van der Waals surface area (Å²) in [6.45, 7) is -0.257. The number of nitrogens with two attached hydrogens (primary N) is 1. The number of ether oxygens (including phenoxy) is 1. The van der Waals surface area contributed by atoms with Gasteiger partial charge in [-0.25, -0.2) is 4.98 Å². The molecule has 19 heavy (non-hydrogen) atoms. The van der Waals surface area contributed by atoms with Crippen LogP contribution in [0.25, 0.3) is 0 Å². The van der Waals surface area contributed by atoms with Gasteiger partial charge in [-0.05, 0) is 24.3 Å². The van der Waals surface area contributed by atoms with E-state index in [1.165, 1.54) is 6.20 Å². The maximum atomic E-state index is 9.77. The largest absolute Gasteiger partial charge is 0.455 e. The molecule has 3 rings (SSSR count). The van der Waals surface area contributed by atoms with Crippen molar-refractivity contribution in [3.8, 4) is 11.5 Å². The Morgan fingerprint density at radius 2 is 2.05 bits per heavy atom. The number of fused-ring (bicyclic) bond motifs is 2. The van der Waals surface area contributed by atoms with Crippen molar-refractivity contribution < 1.29 is 9.84 Å². The monoisotopic (exact) mass is 340 g/mol. The van der Waals surface area contributed by atoms with E-state index in [-0.39, 0.29) is 6.61 Å². The van der Waals surface area contributed by atoms with Crippen LogP contribution in [0.3, 0.4) is 0 Å². The average Bonchev–Trinajstić information content (AvgIpc) is 2.41. The number of aliphatic hydroxyl groups excluding tert-OH is 1. The molecule has 1 aromatic carbocycles. The highest BCUT2D eigenvalue weighted by Crippen LogP contribution is 2.46. The number of pyridine rings is 1. The Morgan fingerprint density at radius 3 is 2.79 bits per heavy atom. The van der Waals surface area contributed by atoms with Crippen LogP contribution in [-0.2, 0) is 5.54 Å². The van der Waals surface area contributed by atoms with Crippen molar-refractivity contribution in [3.05, 3.63) is 51.2 Å². The molecule has 1 aliphatic rings. The Kier molecular flexibility index (Phi) is 3.02. The Hall–Kier alpha value is -1.14. The first-order valence-corrected chi connectivity index (χ1v) is 6.75. The number of rotatable bonds is 1. The molecule has 6 heteroatoms. The van der Waals surface area contributed by atoms with Gasteiger partial charge in [0, 0.05) is 15.6 Å². The summed E-state index contributed by atoms with van der Waals surface area (Å²) in [7, 11) is 0. The van der Waals surface area contributed by atoms with Crippen LogP contribution in [0.1, 0.15) is 11.1 Å². The van der Waals surface area contributed by atoms with E-state index >= 15 is 0 Å². The number of hydrogen-bond donors (Lipinski definition) is 2. The van der Waals surface area contributed by atoms with Gasteiger partial charge in [0.25, 0.3) is 0 Å². The predicted octanol–water partition coefficient (Wildman–Crippen LogP) is 2.80. The second-order valence-corrected chi connectivity index (χ2v) is 5.68. The minimum Gasteiger partial charge on any atom is -0.455 e. The quantitative estimate of drug-likeness (QED) is 0.783.